The summed E-state index contributed by atoms with van der Waals surface area (Å²) in [6.45, 7) is 0.937. The first kappa shape index (κ1) is 19.4. The van der Waals surface area contributed by atoms with E-state index in [1.54, 1.807) is 12.1 Å². The van der Waals surface area contributed by atoms with E-state index in [4.69, 9.17) is 16.3 Å². The molecule has 0 N–H and O–H groups in total. The third kappa shape index (κ3) is 5.30. The molecule has 3 rings (SSSR count). The van der Waals surface area contributed by atoms with Crippen molar-refractivity contribution >= 4 is 20.4 Å². The molecule has 1 aromatic rings. The molecule has 1 saturated carbocycles. The maximum atomic E-state index is 13.7. The number of ether oxygens (including phenoxy) is 1. The number of hydrogen-bond acceptors (Lipinski definition) is 1. The number of methoxy groups -OCH3 is 1. The van der Waals surface area contributed by atoms with E-state index in [9.17, 15) is 4.39 Å². The highest BCUT2D eigenvalue weighted by Gasteiger charge is 2.31. The molecule has 2 aliphatic rings. The average molecular weight is 382 g/mol. The first-order valence-corrected chi connectivity index (χ1v) is 12.4. The van der Waals surface area contributed by atoms with Crippen molar-refractivity contribution in [1.29, 1.82) is 0 Å². The van der Waals surface area contributed by atoms with Gasteiger partial charge < -0.3 is 4.74 Å². The summed E-state index contributed by atoms with van der Waals surface area (Å²) in [6.07, 6.45) is 9.27. The van der Waals surface area contributed by atoms with Crippen LogP contribution in [0.4, 0.5) is 4.39 Å². The van der Waals surface area contributed by atoms with Gasteiger partial charge in [0.15, 0.2) is 0 Å². The highest BCUT2D eigenvalue weighted by Crippen LogP contribution is 2.43. The van der Waals surface area contributed by atoms with Gasteiger partial charge in [0, 0.05) is 22.5 Å². The van der Waals surface area contributed by atoms with Crippen molar-refractivity contribution in [3.63, 3.8) is 0 Å². The molecule has 1 radical (unpaired) electrons. The molecule has 2 fully saturated rings. The molecule has 1 aromatic carbocycles. The van der Waals surface area contributed by atoms with Crippen LogP contribution in [0.3, 0.4) is 0 Å². The Kier molecular flexibility index (Phi) is 7.38. The molecule has 25 heavy (non-hydrogen) atoms. The van der Waals surface area contributed by atoms with Gasteiger partial charge in [0.05, 0.1) is 5.02 Å². The van der Waals surface area contributed by atoms with Gasteiger partial charge in [-0.05, 0) is 67.6 Å². The Morgan fingerprint density at radius 1 is 1.08 bits per heavy atom. The third-order valence-corrected chi connectivity index (χ3v) is 9.83. The quantitative estimate of drug-likeness (QED) is 0.393. The van der Waals surface area contributed by atoms with Gasteiger partial charge in [0.25, 0.3) is 0 Å². The Hall–Kier alpha value is -0.383. The fourth-order valence-electron chi connectivity index (χ4n) is 4.93. The van der Waals surface area contributed by atoms with Crippen LogP contribution in [0.2, 0.25) is 23.2 Å². The van der Waals surface area contributed by atoms with Crippen molar-refractivity contribution < 1.29 is 9.13 Å². The van der Waals surface area contributed by atoms with Crippen molar-refractivity contribution in [1.82, 2.24) is 0 Å². The lowest BCUT2D eigenvalue weighted by molar-refractivity contribution is 0.198. The molecule has 1 nitrogen and oxygen atoms in total. The molecular weight excluding hydrogens is 351 g/mol. The van der Waals surface area contributed by atoms with Gasteiger partial charge >= 0.3 is 0 Å². The molecule has 4 heteroatoms. The largest absolute Gasteiger partial charge is 0.385 e. The molecule has 1 aliphatic heterocycles. The Balaban J connectivity index is 1.43. The smallest absolute Gasteiger partial charge is 0.142 e. The van der Waals surface area contributed by atoms with E-state index >= 15 is 0 Å². The van der Waals surface area contributed by atoms with Crippen LogP contribution >= 0.6 is 11.6 Å². The number of benzene rings is 1. The van der Waals surface area contributed by atoms with E-state index < -0.39 is 0 Å². The van der Waals surface area contributed by atoms with Crippen LogP contribution in [0, 0.1) is 17.7 Å². The molecule has 1 heterocycles. The van der Waals surface area contributed by atoms with Gasteiger partial charge in [-0.2, -0.15) is 0 Å². The van der Waals surface area contributed by atoms with E-state index in [1.165, 1.54) is 63.1 Å². The van der Waals surface area contributed by atoms with Crippen molar-refractivity contribution in [3.05, 3.63) is 34.6 Å². The summed E-state index contributed by atoms with van der Waals surface area (Å²) < 4.78 is 18.9. The minimum Gasteiger partial charge on any atom is -0.385 e. The fraction of sp³-hybridized carbons (Fsp3) is 0.714. The lowest BCUT2D eigenvalue weighted by Crippen LogP contribution is -2.28. The minimum atomic E-state index is -0.267. The second-order valence-electron chi connectivity index (χ2n) is 7.97. The molecule has 0 unspecified atom stereocenters. The summed E-state index contributed by atoms with van der Waals surface area (Å²) in [6, 6.07) is 9.86. The summed E-state index contributed by atoms with van der Waals surface area (Å²) in [4.78, 5) is 0. The van der Waals surface area contributed by atoms with Gasteiger partial charge in [-0.3, -0.25) is 0 Å². The van der Waals surface area contributed by atoms with Crippen LogP contribution < -0.4 is 0 Å². The van der Waals surface area contributed by atoms with Crippen molar-refractivity contribution in [2.45, 2.75) is 69.0 Å². The van der Waals surface area contributed by atoms with Gasteiger partial charge in [-0.15, -0.1) is 0 Å². The van der Waals surface area contributed by atoms with Gasteiger partial charge in [0.1, 0.15) is 5.82 Å². The second-order valence-corrected chi connectivity index (χ2v) is 11.4. The standard InChI is InChI=1S/C21H31ClFOSi/c1-24-11-2-12-25-13-9-18(10-14-25)16-3-5-17(6-4-16)19-7-8-20(22)21(23)15-19/h7-8,15-18H,2-6,9-14H2,1H3. The minimum absolute atomic E-state index is 0.0869. The van der Waals surface area contributed by atoms with E-state index in [-0.39, 0.29) is 19.6 Å². The zero-order chi connectivity index (χ0) is 17.6. The van der Waals surface area contributed by atoms with Crippen LogP contribution in [0.15, 0.2) is 18.2 Å². The summed E-state index contributed by atoms with van der Waals surface area (Å²) in [5, 5.41) is 0.239. The number of rotatable bonds is 6. The van der Waals surface area contributed by atoms with Crippen LogP contribution in [0.1, 0.15) is 56.4 Å². The maximum absolute atomic E-state index is 13.7. The molecule has 1 saturated heterocycles. The van der Waals surface area contributed by atoms with E-state index in [0.29, 0.717) is 5.92 Å². The molecule has 139 valence electrons. The summed E-state index contributed by atoms with van der Waals surface area (Å²) in [7, 11) is 1.72. The summed E-state index contributed by atoms with van der Waals surface area (Å²) in [5.74, 6) is 2.13. The van der Waals surface area contributed by atoms with Crippen LogP contribution in [-0.4, -0.2) is 22.5 Å². The van der Waals surface area contributed by atoms with Gasteiger partial charge in [-0.1, -0.05) is 48.6 Å². The van der Waals surface area contributed by atoms with Crippen molar-refractivity contribution in [2.24, 2.45) is 11.8 Å². The molecule has 0 bridgehead atoms. The predicted molar refractivity (Wildman–Crippen MR) is 106 cm³/mol. The SMILES string of the molecule is COCCC[Si]1CCC(C2CCC(c3ccc(Cl)c(F)c3)CC2)CC1. The monoisotopic (exact) mass is 381 g/mol. The van der Waals surface area contributed by atoms with Crippen molar-refractivity contribution in [2.75, 3.05) is 13.7 Å². The lowest BCUT2D eigenvalue weighted by Gasteiger charge is -2.37. The zero-order valence-electron chi connectivity index (χ0n) is 15.4. The fourth-order valence-corrected chi connectivity index (χ4v) is 8.00. The van der Waals surface area contributed by atoms with Gasteiger partial charge in [-0.25, -0.2) is 4.39 Å². The zero-order valence-corrected chi connectivity index (χ0v) is 17.2. The van der Waals surface area contributed by atoms with E-state index in [0.717, 1.165) is 24.0 Å². The van der Waals surface area contributed by atoms with Crippen LogP contribution in [0.25, 0.3) is 0 Å². The molecule has 0 amide bonds. The number of halogens is 2. The first-order valence-electron chi connectivity index (χ1n) is 9.95. The van der Waals surface area contributed by atoms with Crippen LogP contribution in [-0.2, 0) is 4.74 Å². The van der Waals surface area contributed by atoms with Gasteiger partial charge in [0.2, 0.25) is 0 Å². The Bertz CT molecular complexity index is 537. The summed E-state index contributed by atoms with van der Waals surface area (Å²) in [5.41, 5.74) is 1.15. The molecule has 0 aromatic heterocycles. The lowest BCUT2D eigenvalue weighted by atomic mass is 9.72. The maximum Gasteiger partial charge on any atom is 0.142 e. The normalized spacial score (nSPS) is 26.0. The average Bonchev–Trinajstić information content (AvgIpc) is 2.65. The Labute approximate surface area is 158 Å². The summed E-state index contributed by atoms with van der Waals surface area (Å²) >= 11 is 5.82. The van der Waals surface area contributed by atoms with E-state index in [2.05, 4.69) is 0 Å². The first-order chi connectivity index (χ1) is 12.2. The Morgan fingerprint density at radius 3 is 2.40 bits per heavy atom. The highest BCUT2D eigenvalue weighted by molar-refractivity contribution is 6.58. The molecular formula is C21H31ClFOSi. The molecule has 0 spiro atoms. The van der Waals surface area contributed by atoms with Crippen LogP contribution in [0.5, 0.6) is 0 Å². The molecule has 1 aliphatic carbocycles. The second kappa shape index (κ2) is 9.52. The Morgan fingerprint density at radius 2 is 1.76 bits per heavy atom. The highest BCUT2D eigenvalue weighted by atomic mass is 35.5. The van der Waals surface area contributed by atoms with Crippen molar-refractivity contribution in [3.8, 4) is 0 Å². The topological polar surface area (TPSA) is 9.23 Å². The third-order valence-electron chi connectivity index (χ3n) is 6.47. The predicted octanol–water partition coefficient (Wildman–Crippen LogP) is 6.69. The molecule has 0 atom stereocenters. The van der Waals surface area contributed by atoms with E-state index in [1.807, 2.05) is 13.2 Å². The number of hydrogen-bond donors (Lipinski definition) is 0.